The van der Waals surface area contributed by atoms with Gasteiger partial charge in [-0.25, -0.2) is 0 Å². The third-order valence-electron chi connectivity index (χ3n) is 3.46. The van der Waals surface area contributed by atoms with Crippen LogP contribution in [0.4, 0.5) is 0 Å². The van der Waals surface area contributed by atoms with Crippen molar-refractivity contribution in [1.29, 1.82) is 0 Å². The molecule has 3 rings (SSSR count). The molecule has 0 aliphatic heterocycles. The summed E-state index contributed by atoms with van der Waals surface area (Å²) >= 11 is 0. The average Bonchev–Trinajstić information content (AvgIpc) is 3.19. The lowest BCUT2D eigenvalue weighted by atomic mass is 10.1. The van der Waals surface area contributed by atoms with Gasteiger partial charge in [0.05, 0.1) is 18.5 Å². The summed E-state index contributed by atoms with van der Waals surface area (Å²) < 4.78 is 10.9. The Balaban J connectivity index is 1.60. The molecule has 0 unspecified atom stereocenters. The van der Waals surface area contributed by atoms with E-state index in [1.54, 1.807) is 37.0 Å². The zero-order chi connectivity index (χ0) is 15.4. The van der Waals surface area contributed by atoms with E-state index < -0.39 is 0 Å². The Morgan fingerprint density at radius 1 is 1.27 bits per heavy atom. The average molecular weight is 299 g/mol. The van der Waals surface area contributed by atoms with Gasteiger partial charge in [-0.15, -0.1) is 10.2 Å². The number of furan rings is 1. The maximum atomic E-state index is 5.61. The molecular formula is C15H17N5O2. The molecule has 7 nitrogen and oxygen atoms in total. The lowest BCUT2D eigenvalue weighted by molar-refractivity contribution is 0.223. The van der Waals surface area contributed by atoms with Crippen LogP contribution >= 0.6 is 0 Å². The molecule has 7 heteroatoms. The molecule has 3 heterocycles. The Morgan fingerprint density at radius 2 is 2.18 bits per heavy atom. The molecule has 0 radical (unpaired) electrons. The first-order chi connectivity index (χ1) is 10.7. The van der Waals surface area contributed by atoms with Gasteiger partial charge in [0.2, 0.25) is 5.89 Å². The van der Waals surface area contributed by atoms with E-state index in [9.17, 15) is 0 Å². The van der Waals surface area contributed by atoms with Crippen molar-refractivity contribution in [3.05, 3.63) is 48.6 Å². The molecule has 0 bridgehead atoms. The Labute approximate surface area is 128 Å². The molecular weight excluding hydrogens is 282 g/mol. The highest BCUT2D eigenvalue weighted by molar-refractivity contribution is 5.42. The highest BCUT2D eigenvalue weighted by Gasteiger charge is 2.16. The second-order valence-electron chi connectivity index (χ2n) is 5.14. The number of nitrogens with zero attached hydrogens (tertiary/aromatic N) is 5. The minimum Gasteiger partial charge on any atom is -0.459 e. The lowest BCUT2D eigenvalue weighted by Crippen LogP contribution is -2.30. The first kappa shape index (κ1) is 14.4. The second kappa shape index (κ2) is 6.48. The largest absolute Gasteiger partial charge is 0.459 e. The number of hydrogen-bond acceptors (Lipinski definition) is 7. The molecule has 0 aliphatic rings. The van der Waals surface area contributed by atoms with E-state index in [0.717, 1.165) is 12.1 Å². The molecule has 3 aromatic rings. The zero-order valence-corrected chi connectivity index (χ0v) is 12.5. The Bertz CT molecular complexity index is 696. The van der Waals surface area contributed by atoms with Gasteiger partial charge >= 0.3 is 0 Å². The standard InChI is InChI=1S/C15H17N5O2/c1-11(8-12-9-16-5-6-17-12)20(2)10-14-18-19-15(22-14)13-4-3-7-21-13/h3-7,9,11H,8,10H2,1-2H3/t11-/m1/s1. The highest BCUT2D eigenvalue weighted by Crippen LogP contribution is 2.18. The molecule has 0 aromatic carbocycles. The summed E-state index contributed by atoms with van der Waals surface area (Å²) in [6.45, 7) is 2.69. The van der Waals surface area contributed by atoms with E-state index in [1.165, 1.54) is 0 Å². The maximum absolute atomic E-state index is 5.61. The fraction of sp³-hybridized carbons (Fsp3) is 0.333. The van der Waals surface area contributed by atoms with Crippen LogP contribution in [-0.2, 0) is 13.0 Å². The van der Waals surface area contributed by atoms with Crippen LogP contribution in [0.1, 0.15) is 18.5 Å². The molecule has 0 fully saturated rings. The van der Waals surface area contributed by atoms with Crippen molar-refractivity contribution < 1.29 is 8.83 Å². The van der Waals surface area contributed by atoms with Crippen LogP contribution in [0.2, 0.25) is 0 Å². The van der Waals surface area contributed by atoms with Crippen molar-refractivity contribution in [2.75, 3.05) is 7.05 Å². The molecule has 3 aromatic heterocycles. The van der Waals surface area contributed by atoms with E-state index in [1.807, 2.05) is 7.05 Å². The summed E-state index contributed by atoms with van der Waals surface area (Å²) in [5.74, 6) is 1.53. The summed E-state index contributed by atoms with van der Waals surface area (Å²) in [7, 11) is 2.01. The quantitative estimate of drug-likeness (QED) is 0.690. The van der Waals surface area contributed by atoms with Crippen LogP contribution in [0.3, 0.4) is 0 Å². The van der Waals surface area contributed by atoms with Gasteiger partial charge in [-0.2, -0.15) is 0 Å². The monoisotopic (exact) mass is 299 g/mol. The molecule has 22 heavy (non-hydrogen) atoms. The minimum absolute atomic E-state index is 0.274. The molecule has 0 spiro atoms. The molecule has 0 aliphatic carbocycles. The maximum Gasteiger partial charge on any atom is 0.283 e. The number of likely N-dealkylation sites (N-methyl/N-ethyl adjacent to an activating group) is 1. The number of rotatable bonds is 6. The summed E-state index contributed by atoms with van der Waals surface area (Å²) in [6, 6.07) is 3.85. The van der Waals surface area contributed by atoms with Crippen LogP contribution in [-0.4, -0.2) is 38.2 Å². The van der Waals surface area contributed by atoms with Gasteiger partial charge in [0.15, 0.2) is 5.76 Å². The van der Waals surface area contributed by atoms with Crippen LogP contribution < -0.4 is 0 Å². The van der Waals surface area contributed by atoms with Gasteiger partial charge in [0, 0.05) is 31.1 Å². The molecule has 0 N–H and O–H groups in total. The van der Waals surface area contributed by atoms with Crippen molar-refractivity contribution in [3.8, 4) is 11.7 Å². The SMILES string of the molecule is C[C@H](Cc1cnccn1)N(C)Cc1nnc(-c2ccco2)o1. The van der Waals surface area contributed by atoms with Gasteiger partial charge in [-0.3, -0.25) is 14.9 Å². The van der Waals surface area contributed by atoms with E-state index in [2.05, 4.69) is 32.0 Å². The van der Waals surface area contributed by atoms with Crippen molar-refractivity contribution in [2.24, 2.45) is 0 Å². The van der Waals surface area contributed by atoms with Gasteiger partial charge in [-0.1, -0.05) is 0 Å². The Kier molecular flexibility index (Phi) is 4.24. The third-order valence-corrected chi connectivity index (χ3v) is 3.46. The van der Waals surface area contributed by atoms with Gasteiger partial charge in [0.1, 0.15) is 0 Å². The predicted octanol–water partition coefficient (Wildman–Crippen LogP) is 2.18. The zero-order valence-electron chi connectivity index (χ0n) is 12.5. The van der Waals surface area contributed by atoms with E-state index in [4.69, 9.17) is 8.83 Å². The van der Waals surface area contributed by atoms with Crippen molar-refractivity contribution in [1.82, 2.24) is 25.1 Å². The Hall–Kier alpha value is -2.54. The van der Waals surface area contributed by atoms with Crippen molar-refractivity contribution >= 4 is 0 Å². The van der Waals surface area contributed by atoms with E-state index in [-0.39, 0.29) is 6.04 Å². The fourth-order valence-electron chi connectivity index (χ4n) is 2.08. The first-order valence-corrected chi connectivity index (χ1v) is 7.04. The topological polar surface area (TPSA) is 81.1 Å². The third kappa shape index (κ3) is 3.37. The number of hydrogen-bond donors (Lipinski definition) is 0. The predicted molar refractivity (Wildman–Crippen MR) is 78.7 cm³/mol. The molecule has 0 amide bonds. The van der Waals surface area contributed by atoms with Crippen LogP contribution in [0.25, 0.3) is 11.7 Å². The Morgan fingerprint density at radius 3 is 2.91 bits per heavy atom. The summed E-state index contributed by atoms with van der Waals surface area (Å²) in [4.78, 5) is 10.5. The molecule has 114 valence electrons. The highest BCUT2D eigenvalue weighted by atomic mass is 16.4. The van der Waals surface area contributed by atoms with Crippen molar-refractivity contribution in [2.45, 2.75) is 25.9 Å². The van der Waals surface area contributed by atoms with Gasteiger partial charge in [-0.05, 0) is 26.1 Å². The van der Waals surface area contributed by atoms with Crippen LogP contribution in [0, 0.1) is 0 Å². The van der Waals surface area contributed by atoms with Crippen LogP contribution in [0.5, 0.6) is 0 Å². The van der Waals surface area contributed by atoms with E-state index >= 15 is 0 Å². The summed E-state index contributed by atoms with van der Waals surface area (Å²) in [5.41, 5.74) is 0.962. The first-order valence-electron chi connectivity index (χ1n) is 7.04. The second-order valence-corrected chi connectivity index (χ2v) is 5.14. The normalized spacial score (nSPS) is 12.7. The summed E-state index contributed by atoms with van der Waals surface area (Å²) in [6.07, 6.45) is 7.55. The van der Waals surface area contributed by atoms with Gasteiger partial charge < -0.3 is 8.83 Å². The smallest absolute Gasteiger partial charge is 0.283 e. The molecule has 1 atom stereocenters. The fourth-order valence-corrected chi connectivity index (χ4v) is 2.08. The lowest BCUT2D eigenvalue weighted by Gasteiger charge is -2.22. The van der Waals surface area contributed by atoms with E-state index in [0.29, 0.717) is 24.1 Å². The van der Waals surface area contributed by atoms with Crippen LogP contribution in [0.15, 0.2) is 45.8 Å². The number of aromatic nitrogens is 4. The molecule has 0 saturated carbocycles. The minimum atomic E-state index is 0.274. The van der Waals surface area contributed by atoms with Crippen molar-refractivity contribution in [3.63, 3.8) is 0 Å². The molecule has 0 saturated heterocycles. The van der Waals surface area contributed by atoms with Gasteiger partial charge in [0.25, 0.3) is 5.89 Å². The summed E-state index contributed by atoms with van der Waals surface area (Å²) in [5, 5.41) is 8.05.